The van der Waals surface area contributed by atoms with Crippen molar-refractivity contribution in [1.82, 2.24) is 24.6 Å². The molecule has 1 aliphatic rings. The third kappa shape index (κ3) is 5.17. The van der Waals surface area contributed by atoms with Crippen LogP contribution in [0, 0.1) is 11.6 Å². The number of nitrogens with zero attached hydrogens (tertiary/aromatic N) is 5. The fourth-order valence-electron chi connectivity index (χ4n) is 4.12. The largest absolute Gasteiger partial charge is 0.472 e. The second-order valence-corrected chi connectivity index (χ2v) is 9.94. The first kappa shape index (κ1) is 25.2. The lowest BCUT2D eigenvalue weighted by molar-refractivity contribution is -0.127. The minimum atomic E-state index is -0.825. The predicted molar refractivity (Wildman–Crippen MR) is 133 cm³/mol. The predicted octanol–water partition coefficient (Wildman–Crippen LogP) is 4.92. The van der Waals surface area contributed by atoms with Crippen molar-refractivity contribution in [3.63, 3.8) is 0 Å². The lowest BCUT2D eigenvalue weighted by Crippen LogP contribution is -2.37. The van der Waals surface area contributed by atoms with Crippen LogP contribution in [-0.2, 0) is 16.1 Å². The van der Waals surface area contributed by atoms with Gasteiger partial charge in [-0.15, -0.1) is 0 Å². The molecule has 38 heavy (non-hydrogen) atoms. The van der Waals surface area contributed by atoms with Gasteiger partial charge in [0, 0.05) is 24.9 Å². The number of hydrogen-bond acceptors (Lipinski definition) is 7. The van der Waals surface area contributed by atoms with Crippen molar-refractivity contribution in [2.75, 3.05) is 6.54 Å². The minimum Gasteiger partial charge on any atom is -0.472 e. The number of amides is 2. The summed E-state index contributed by atoms with van der Waals surface area (Å²) in [5.74, 6) is -2.11. The first-order valence-corrected chi connectivity index (χ1v) is 12.0. The van der Waals surface area contributed by atoms with Crippen molar-refractivity contribution in [3.8, 4) is 11.6 Å². The molecule has 0 aliphatic carbocycles. The lowest BCUT2D eigenvalue weighted by Gasteiger charge is -2.23. The third-order valence-electron chi connectivity index (χ3n) is 5.87. The molecule has 4 aromatic rings. The number of fused-ring (bicyclic) bond motifs is 1. The molecule has 196 valence electrons. The number of carbonyl (C=O) groups is 2. The molecule has 0 N–H and O–H groups in total. The Morgan fingerprint density at radius 2 is 1.87 bits per heavy atom. The monoisotopic (exact) mass is 521 g/mol. The fourth-order valence-corrected chi connectivity index (χ4v) is 4.12. The zero-order valence-electron chi connectivity index (χ0n) is 21.0. The summed E-state index contributed by atoms with van der Waals surface area (Å²) < 4.78 is 40.8. The topological polar surface area (TPSA) is 99.4 Å². The summed E-state index contributed by atoms with van der Waals surface area (Å²) >= 11 is 0. The molecule has 0 bridgehead atoms. The number of hydrogen-bond donors (Lipinski definition) is 0. The van der Waals surface area contributed by atoms with Gasteiger partial charge in [-0.2, -0.15) is 10.1 Å². The van der Waals surface area contributed by atoms with E-state index in [1.54, 1.807) is 20.8 Å². The molecule has 1 saturated heterocycles. The molecule has 3 heterocycles. The lowest BCUT2D eigenvalue weighted by atomic mass is 10.1. The van der Waals surface area contributed by atoms with E-state index in [-0.39, 0.29) is 42.6 Å². The summed E-state index contributed by atoms with van der Waals surface area (Å²) in [4.78, 5) is 35.5. The van der Waals surface area contributed by atoms with E-state index in [0.717, 1.165) is 22.6 Å². The standard InChI is InChI=1S/C27H25F2N5O4/c1-27(2,3)38-26(36)33-14-17(11-22(33)35)23-31-24-19(25(32-23)37-15-16-7-5-4-6-8-16)13-30-34(24)21-10-9-18(28)12-20(21)29/h4-10,12-13,17H,11,14-15H2,1-3H3. The highest BCUT2D eigenvalue weighted by molar-refractivity contribution is 5.94. The molecular weight excluding hydrogens is 496 g/mol. The maximum absolute atomic E-state index is 14.7. The smallest absolute Gasteiger partial charge is 0.417 e. The van der Waals surface area contributed by atoms with E-state index in [4.69, 9.17) is 9.47 Å². The maximum Gasteiger partial charge on any atom is 0.417 e. The van der Waals surface area contributed by atoms with Gasteiger partial charge in [0.25, 0.3) is 0 Å². The molecule has 2 aromatic heterocycles. The summed E-state index contributed by atoms with van der Waals surface area (Å²) in [6.45, 7) is 5.34. The average Bonchev–Trinajstić information content (AvgIpc) is 3.46. The van der Waals surface area contributed by atoms with Gasteiger partial charge in [-0.25, -0.2) is 28.1 Å². The molecule has 1 aliphatic heterocycles. The molecule has 9 nitrogen and oxygen atoms in total. The van der Waals surface area contributed by atoms with Crippen molar-refractivity contribution >= 4 is 23.0 Å². The normalized spacial score (nSPS) is 15.8. The van der Waals surface area contributed by atoms with E-state index in [2.05, 4.69) is 15.1 Å². The van der Waals surface area contributed by atoms with Gasteiger partial charge in [0.1, 0.15) is 34.9 Å². The van der Waals surface area contributed by atoms with Gasteiger partial charge in [-0.05, 0) is 38.5 Å². The van der Waals surface area contributed by atoms with Gasteiger partial charge in [0.2, 0.25) is 11.8 Å². The van der Waals surface area contributed by atoms with Crippen LogP contribution >= 0.6 is 0 Å². The van der Waals surface area contributed by atoms with Crippen molar-refractivity contribution < 1.29 is 27.8 Å². The van der Waals surface area contributed by atoms with Gasteiger partial charge in [0.15, 0.2) is 11.5 Å². The van der Waals surface area contributed by atoms with E-state index in [9.17, 15) is 18.4 Å². The summed E-state index contributed by atoms with van der Waals surface area (Å²) in [6.07, 6.45) is 0.668. The number of benzene rings is 2. The molecule has 0 saturated carbocycles. The maximum atomic E-state index is 14.7. The molecule has 5 rings (SSSR count). The Morgan fingerprint density at radius 3 is 2.58 bits per heavy atom. The molecule has 11 heteroatoms. The summed E-state index contributed by atoms with van der Waals surface area (Å²) in [5.41, 5.74) is 0.323. The Kier molecular flexibility index (Phi) is 6.52. The minimum absolute atomic E-state index is 0.0103. The number of likely N-dealkylation sites (tertiary alicyclic amines) is 1. The van der Waals surface area contributed by atoms with Crippen LogP contribution in [0.25, 0.3) is 16.7 Å². The number of ether oxygens (including phenoxy) is 2. The molecule has 2 amide bonds. The molecular formula is C27H25F2N5O4. The van der Waals surface area contributed by atoms with Gasteiger partial charge >= 0.3 is 6.09 Å². The van der Waals surface area contributed by atoms with Gasteiger partial charge in [0.05, 0.1) is 6.20 Å². The van der Waals surface area contributed by atoms with E-state index in [1.165, 1.54) is 16.9 Å². The molecule has 1 fully saturated rings. The zero-order valence-corrected chi connectivity index (χ0v) is 21.0. The van der Waals surface area contributed by atoms with Gasteiger partial charge < -0.3 is 9.47 Å². The highest BCUT2D eigenvalue weighted by atomic mass is 19.1. The fraction of sp³-hybridized carbons (Fsp3) is 0.296. The van der Waals surface area contributed by atoms with Crippen LogP contribution in [-0.4, -0.2) is 48.8 Å². The number of aromatic nitrogens is 4. The highest BCUT2D eigenvalue weighted by Crippen LogP contribution is 2.32. The second-order valence-electron chi connectivity index (χ2n) is 9.94. The van der Waals surface area contributed by atoms with Crippen molar-refractivity contribution in [3.05, 3.63) is 77.8 Å². The van der Waals surface area contributed by atoms with Crippen LogP contribution in [0.3, 0.4) is 0 Å². The number of imide groups is 1. The Labute approximate surface area is 217 Å². The Bertz CT molecular complexity index is 1520. The molecule has 0 radical (unpaired) electrons. The van der Waals surface area contributed by atoms with Crippen LogP contribution in [0.4, 0.5) is 13.6 Å². The number of carbonyl (C=O) groups excluding carboxylic acids is 2. The molecule has 0 spiro atoms. The average molecular weight is 522 g/mol. The summed E-state index contributed by atoms with van der Waals surface area (Å²) in [7, 11) is 0. The third-order valence-corrected chi connectivity index (χ3v) is 5.87. The van der Waals surface area contributed by atoms with Crippen LogP contribution < -0.4 is 4.74 Å². The molecule has 1 atom stereocenters. The van der Waals surface area contributed by atoms with Crippen molar-refractivity contribution in [1.29, 1.82) is 0 Å². The Hall–Kier alpha value is -4.41. The van der Waals surface area contributed by atoms with E-state index >= 15 is 0 Å². The highest BCUT2D eigenvalue weighted by Gasteiger charge is 2.39. The van der Waals surface area contributed by atoms with Crippen molar-refractivity contribution in [2.45, 2.75) is 45.3 Å². The Balaban J connectivity index is 1.54. The first-order chi connectivity index (χ1) is 18.1. The van der Waals surface area contributed by atoms with E-state index in [1.807, 2.05) is 30.3 Å². The second kappa shape index (κ2) is 9.81. The zero-order chi connectivity index (χ0) is 27.0. The van der Waals surface area contributed by atoms with Gasteiger partial charge in [-0.3, -0.25) is 4.79 Å². The molecule has 1 unspecified atom stereocenters. The number of halogens is 2. The SMILES string of the molecule is CC(C)(C)OC(=O)N1CC(c2nc(OCc3ccccc3)c3cnn(-c4ccc(F)cc4F)c3n2)CC1=O. The van der Waals surface area contributed by atoms with Crippen molar-refractivity contribution in [2.24, 2.45) is 0 Å². The van der Waals surface area contributed by atoms with Crippen LogP contribution in [0.5, 0.6) is 5.88 Å². The summed E-state index contributed by atoms with van der Waals surface area (Å²) in [5, 5.41) is 4.66. The molecule has 2 aromatic carbocycles. The number of rotatable bonds is 5. The first-order valence-electron chi connectivity index (χ1n) is 12.0. The van der Waals surface area contributed by atoms with Crippen LogP contribution in [0.1, 0.15) is 44.5 Å². The Morgan fingerprint density at radius 1 is 1.11 bits per heavy atom. The van der Waals surface area contributed by atoms with Gasteiger partial charge in [-0.1, -0.05) is 30.3 Å². The quantitative estimate of drug-likeness (QED) is 0.367. The van der Waals surface area contributed by atoms with Crippen LogP contribution in [0.15, 0.2) is 54.7 Å². The van der Waals surface area contributed by atoms with Crippen LogP contribution in [0.2, 0.25) is 0 Å². The van der Waals surface area contributed by atoms with E-state index < -0.39 is 35.2 Å². The van der Waals surface area contributed by atoms with E-state index in [0.29, 0.717) is 5.39 Å². The summed E-state index contributed by atoms with van der Waals surface area (Å²) in [6, 6.07) is 12.6.